The van der Waals surface area contributed by atoms with Gasteiger partial charge in [-0.15, -0.1) is 0 Å². The third-order valence-corrected chi connectivity index (χ3v) is 4.60. The van der Waals surface area contributed by atoms with Crippen molar-refractivity contribution < 1.29 is 4.74 Å². The summed E-state index contributed by atoms with van der Waals surface area (Å²) in [6.45, 7) is 10.5. The number of morpholine rings is 1. The molecule has 0 amide bonds. The van der Waals surface area contributed by atoms with E-state index in [0.717, 1.165) is 49.7 Å². The zero-order chi connectivity index (χ0) is 15.1. The Balaban J connectivity index is 2.12. The third kappa shape index (κ3) is 5.00. The number of ether oxygens (including phenoxy) is 1. The van der Waals surface area contributed by atoms with Gasteiger partial charge in [0.05, 0.1) is 13.2 Å². The molecule has 2 heterocycles. The van der Waals surface area contributed by atoms with Crippen LogP contribution in [0.3, 0.4) is 0 Å². The van der Waals surface area contributed by atoms with Crippen LogP contribution in [-0.4, -0.2) is 53.6 Å². The van der Waals surface area contributed by atoms with E-state index in [9.17, 15) is 0 Å². The van der Waals surface area contributed by atoms with Gasteiger partial charge in [0.25, 0.3) is 0 Å². The summed E-state index contributed by atoms with van der Waals surface area (Å²) in [5.41, 5.74) is 0. The molecule has 0 radical (unpaired) electrons. The van der Waals surface area contributed by atoms with Gasteiger partial charge < -0.3 is 15.0 Å². The molecule has 2 rings (SSSR count). The van der Waals surface area contributed by atoms with Gasteiger partial charge in [0.15, 0.2) is 5.16 Å². The quantitative estimate of drug-likeness (QED) is 0.775. The van der Waals surface area contributed by atoms with E-state index in [1.54, 1.807) is 11.8 Å². The van der Waals surface area contributed by atoms with Crippen molar-refractivity contribution in [1.29, 1.82) is 0 Å². The largest absolute Gasteiger partial charge is 0.378 e. The predicted molar refractivity (Wildman–Crippen MR) is 87.2 cm³/mol. The molecule has 1 saturated heterocycles. The molecule has 1 aliphatic heterocycles. The minimum Gasteiger partial charge on any atom is -0.378 e. The Labute approximate surface area is 131 Å². The van der Waals surface area contributed by atoms with Crippen molar-refractivity contribution in [1.82, 2.24) is 15.0 Å². The van der Waals surface area contributed by atoms with Crippen molar-refractivity contribution in [2.24, 2.45) is 5.92 Å². The summed E-state index contributed by atoms with van der Waals surface area (Å²) in [7, 11) is 0. The first-order valence-corrected chi connectivity index (χ1v) is 8.67. The van der Waals surface area contributed by atoms with Gasteiger partial charge in [-0.25, -0.2) is 0 Å². The molecule has 21 heavy (non-hydrogen) atoms. The Bertz CT molecular complexity index is 439. The van der Waals surface area contributed by atoms with E-state index in [2.05, 4.69) is 39.0 Å². The van der Waals surface area contributed by atoms with Gasteiger partial charge in [-0.3, -0.25) is 0 Å². The maximum Gasteiger partial charge on any atom is 0.231 e. The number of hydrogen-bond acceptors (Lipinski definition) is 7. The van der Waals surface area contributed by atoms with E-state index < -0.39 is 0 Å². The minimum atomic E-state index is 0.667. The van der Waals surface area contributed by atoms with Crippen molar-refractivity contribution >= 4 is 23.7 Å². The van der Waals surface area contributed by atoms with E-state index in [0.29, 0.717) is 11.9 Å². The first kappa shape index (κ1) is 16.3. The van der Waals surface area contributed by atoms with Crippen LogP contribution in [0.4, 0.5) is 11.9 Å². The first-order valence-electron chi connectivity index (χ1n) is 7.68. The van der Waals surface area contributed by atoms with Crippen LogP contribution in [0.2, 0.25) is 0 Å². The minimum absolute atomic E-state index is 0.667. The van der Waals surface area contributed by atoms with Crippen LogP contribution in [0, 0.1) is 5.92 Å². The molecule has 0 saturated carbocycles. The van der Waals surface area contributed by atoms with Gasteiger partial charge in [0, 0.05) is 25.4 Å². The predicted octanol–water partition coefficient (Wildman–Crippen LogP) is 2.28. The number of aromatic nitrogens is 3. The van der Waals surface area contributed by atoms with Crippen molar-refractivity contribution in [3.63, 3.8) is 0 Å². The molecular weight excluding hydrogens is 286 g/mol. The molecule has 1 atom stereocenters. The third-order valence-electron chi connectivity index (χ3n) is 3.43. The van der Waals surface area contributed by atoms with Gasteiger partial charge in [-0.2, -0.15) is 15.0 Å². The summed E-state index contributed by atoms with van der Waals surface area (Å²) >= 11 is 1.71. The maximum absolute atomic E-state index is 5.39. The smallest absolute Gasteiger partial charge is 0.231 e. The lowest BCUT2D eigenvalue weighted by atomic mass is 10.2. The summed E-state index contributed by atoms with van der Waals surface area (Å²) < 4.78 is 5.39. The molecule has 1 aromatic rings. The fourth-order valence-corrected chi connectivity index (χ4v) is 2.85. The maximum atomic E-state index is 5.39. The molecule has 6 nitrogen and oxygen atoms in total. The number of rotatable bonds is 7. The van der Waals surface area contributed by atoms with Gasteiger partial charge >= 0.3 is 0 Å². The Morgan fingerprint density at radius 3 is 2.67 bits per heavy atom. The molecule has 1 N–H and O–H groups in total. The molecule has 0 aromatic carbocycles. The lowest BCUT2D eigenvalue weighted by Gasteiger charge is -2.27. The summed E-state index contributed by atoms with van der Waals surface area (Å²) in [5.74, 6) is 3.13. The van der Waals surface area contributed by atoms with E-state index in [1.165, 1.54) is 6.42 Å². The van der Waals surface area contributed by atoms with Crippen molar-refractivity contribution in [3.05, 3.63) is 0 Å². The summed E-state index contributed by atoms with van der Waals surface area (Å²) in [6.07, 6.45) is 1.18. The second-order valence-corrected chi connectivity index (χ2v) is 6.18. The molecule has 1 aromatic heterocycles. The lowest BCUT2D eigenvalue weighted by molar-refractivity contribution is 0.122. The summed E-state index contributed by atoms with van der Waals surface area (Å²) in [6, 6.07) is 0. The molecule has 7 heteroatoms. The zero-order valence-electron chi connectivity index (χ0n) is 13.1. The topological polar surface area (TPSA) is 63.2 Å². The monoisotopic (exact) mass is 311 g/mol. The highest BCUT2D eigenvalue weighted by molar-refractivity contribution is 7.99. The Morgan fingerprint density at radius 1 is 1.24 bits per heavy atom. The number of nitrogens with one attached hydrogen (secondary N) is 1. The number of hydrogen-bond donors (Lipinski definition) is 1. The molecule has 1 fully saturated rings. The van der Waals surface area contributed by atoms with Crippen LogP contribution in [-0.2, 0) is 4.74 Å². The van der Waals surface area contributed by atoms with Crippen molar-refractivity contribution in [2.45, 2.75) is 32.3 Å². The van der Waals surface area contributed by atoms with Crippen LogP contribution in [0.5, 0.6) is 0 Å². The highest BCUT2D eigenvalue weighted by atomic mass is 32.2. The van der Waals surface area contributed by atoms with Crippen LogP contribution in [0.25, 0.3) is 0 Å². The summed E-state index contributed by atoms with van der Waals surface area (Å²) in [4.78, 5) is 15.8. The number of thioether (sulfide) groups is 1. The van der Waals surface area contributed by atoms with Crippen LogP contribution in [0.1, 0.15) is 27.2 Å². The SMILES string of the molecule is CCNc1nc(SCC(C)CC)nc(N2CCOCC2)n1. The van der Waals surface area contributed by atoms with Crippen LogP contribution < -0.4 is 10.2 Å². The highest BCUT2D eigenvalue weighted by Gasteiger charge is 2.16. The second kappa shape index (κ2) is 8.38. The van der Waals surface area contributed by atoms with E-state index >= 15 is 0 Å². The average molecular weight is 311 g/mol. The molecule has 0 aliphatic carbocycles. The Morgan fingerprint density at radius 2 is 2.00 bits per heavy atom. The van der Waals surface area contributed by atoms with Crippen molar-refractivity contribution in [2.75, 3.05) is 48.8 Å². The molecule has 0 bridgehead atoms. The molecule has 0 spiro atoms. The van der Waals surface area contributed by atoms with Gasteiger partial charge in [0.1, 0.15) is 0 Å². The lowest BCUT2D eigenvalue weighted by Crippen LogP contribution is -2.37. The first-order chi connectivity index (χ1) is 10.2. The normalized spacial score (nSPS) is 16.8. The molecule has 1 aliphatic rings. The standard InChI is InChI=1S/C14H25N5OS/c1-4-11(3)10-21-14-17-12(15-5-2)16-13(18-14)19-6-8-20-9-7-19/h11H,4-10H2,1-3H3,(H,15,16,17,18). The van der Waals surface area contributed by atoms with Crippen LogP contribution in [0.15, 0.2) is 5.16 Å². The van der Waals surface area contributed by atoms with E-state index in [-0.39, 0.29) is 0 Å². The number of anilines is 2. The van der Waals surface area contributed by atoms with E-state index in [4.69, 9.17) is 4.74 Å². The Kier molecular flexibility index (Phi) is 6.50. The molecule has 1 unspecified atom stereocenters. The summed E-state index contributed by atoms with van der Waals surface area (Å²) in [5, 5.41) is 4.00. The van der Waals surface area contributed by atoms with Gasteiger partial charge in [0.2, 0.25) is 11.9 Å². The highest BCUT2D eigenvalue weighted by Crippen LogP contribution is 2.22. The number of nitrogens with zero attached hydrogens (tertiary/aromatic N) is 4. The second-order valence-electron chi connectivity index (χ2n) is 5.20. The zero-order valence-corrected chi connectivity index (χ0v) is 13.9. The fraction of sp³-hybridized carbons (Fsp3) is 0.786. The molecule has 118 valence electrons. The average Bonchev–Trinajstić information content (AvgIpc) is 2.53. The van der Waals surface area contributed by atoms with E-state index in [1.807, 2.05) is 6.92 Å². The van der Waals surface area contributed by atoms with Gasteiger partial charge in [-0.1, -0.05) is 32.0 Å². The Hall–Kier alpha value is -1.08. The van der Waals surface area contributed by atoms with Gasteiger partial charge in [-0.05, 0) is 12.8 Å². The van der Waals surface area contributed by atoms with Crippen molar-refractivity contribution in [3.8, 4) is 0 Å². The molecular formula is C14H25N5OS. The van der Waals surface area contributed by atoms with Crippen LogP contribution >= 0.6 is 11.8 Å². The fourth-order valence-electron chi connectivity index (χ4n) is 1.89.